The third-order valence-corrected chi connectivity index (χ3v) is 8.65. The van der Waals surface area contributed by atoms with Crippen LogP contribution in [0.15, 0.2) is 51.7 Å². The van der Waals surface area contributed by atoms with Gasteiger partial charge in [-0.3, -0.25) is 14.8 Å². The van der Waals surface area contributed by atoms with E-state index in [4.69, 9.17) is 16.3 Å². The Bertz CT molecular complexity index is 1420. The number of sulfonamides is 2. The van der Waals surface area contributed by atoms with Gasteiger partial charge in [0.1, 0.15) is 5.75 Å². The lowest BCUT2D eigenvalue weighted by Crippen LogP contribution is -2.30. The summed E-state index contributed by atoms with van der Waals surface area (Å²) in [5, 5.41) is 9.89. The summed E-state index contributed by atoms with van der Waals surface area (Å²) in [6, 6.07) is 9.69. The van der Waals surface area contributed by atoms with E-state index in [1.165, 1.54) is 31.4 Å². The molecule has 0 radical (unpaired) electrons. The highest BCUT2D eigenvalue weighted by molar-refractivity contribution is 7.94. The summed E-state index contributed by atoms with van der Waals surface area (Å²) in [7, 11) is -6.88. The van der Waals surface area contributed by atoms with Crippen LogP contribution in [-0.4, -0.2) is 46.1 Å². The zero-order chi connectivity index (χ0) is 25.1. The summed E-state index contributed by atoms with van der Waals surface area (Å²) in [6.45, 7) is 3.31. The van der Waals surface area contributed by atoms with Crippen LogP contribution in [0.2, 0.25) is 5.02 Å². The number of anilines is 2. The van der Waals surface area contributed by atoms with Crippen molar-refractivity contribution in [1.82, 2.24) is 14.9 Å². The predicted octanol–water partition coefficient (Wildman–Crippen LogP) is 2.94. The number of carbonyl (C=O) groups excluding carboxylic acids is 1. The van der Waals surface area contributed by atoms with Gasteiger partial charge in [-0.2, -0.15) is 8.42 Å². The molecular weight excluding hydrogens is 526 g/mol. The average molecular weight is 546 g/mol. The molecule has 0 fully saturated rings. The van der Waals surface area contributed by atoms with Crippen LogP contribution < -0.4 is 19.5 Å². The van der Waals surface area contributed by atoms with Crippen LogP contribution >= 0.6 is 22.9 Å². The molecule has 0 saturated heterocycles. The van der Waals surface area contributed by atoms with E-state index < -0.39 is 30.3 Å². The van der Waals surface area contributed by atoms with Crippen molar-refractivity contribution in [3.05, 3.63) is 53.1 Å². The predicted molar refractivity (Wildman–Crippen MR) is 129 cm³/mol. The van der Waals surface area contributed by atoms with Crippen LogP contribution in [0.5, 0.6) is 5.75 Å². The van der Waals surface area contributed by atoms with Gasteiger partial charge in [-0.15, -0.1) is 10.2 Å². The van der Waals surface area contributed by atoms with Crippen molar-refractivity contribution in [2.45, 2.75) is 29.1 Å². The van der Waals surface area contributed by atoms with E-state index >= 15 is 0 Å². The number of ether oxygens (including phenoxy) is 1. The molecule has 1 heterocycles. The number of benzene rings is 2. The maximum Gasteiger partial charge on any atom is 0.291 e. The van der Waals surface area contributed by atoms with E-state index in [9.17, 15) is 21.6 Å². The van der Waals surface area contributed by atoms with Crippen molar-refractivity contribution in [1.29, 1.82) is 0 Å². The van der Waals surface area contributed by atoms with E-state index in [0.29, 0.717) is 11.3 Å². The summed E-state index contributed by atoms with van der Waals surface area (Å²) in [4.78, 5) is 12.2. The smallest absolute Gasteiger partial charge is 0.291 e. The Hall–Kier alpha value is -2.78. The molecule has 182 valence electrons. The number of nitrogens with one attached hydrogen (secondary N) is 3. The molecule has 1 amide bonds. The van der Waals surface area contributed by atoms with Gasteiger partial charge in [0.25, 0.3) is 20.3 Å². The topological polar surface area (TPSA) is 156 Å². The highest BCUT2D eigenvalue weighted by Crippen LogP contribution is 2.31. The van der Waals surface area contributed by atoms with Crippen LogP contribution in [0.1, 0.15) is 24.2 Å². The summed E-state index contributed by atoms with van der Waals surface area (Å²) < 4.78 is 60.1. The molecule has 0 saturated carbocycles. The highest BCUT2D eigenvalue weighted by Gasteiger charge is 2.25. The Morgan fingerprint density at radius 1 is 1.06 bits per heavy atom. The van der Waals surface area contributed by atoms with Gasteiger partial charge in [-0.05, 0) is 44.2 Å². The molecule has 0 bridgehead atoms. The van der Waals surface area contributed by atoms with Crippen LogP contribution in [0.4, 0.5) is 10.8 Å². The quantitative estimate of drug-likeness (QED) is 0.346. The Kier molecular flexibility index (Phi) is 7.77. The first-order chi connectivity index (χ1) is 15.9. The van der Waals surface area contributed by atoms with Crippen molar-refractivity contribution in [2.24, 2.45) is 0 Å². The molecule has 0 aliphatic rings. The summed E-state index contributed by atoms with van der Waals surface area (Å²) >= 11 is 6.60. The van der Waals surface area contributed by atoms with Gasteiger partial charge in [0, 0.05) is 6.04 Å². The van der Waals surface area contributed by atoms with Gasteiger partial charge in [0.2, 0.25) is 15.2 Å². The maximum atomic E-state index is 12.9. The lowest BCUT2D eigenvalue weighted by molar-refractivity contribution is 0.102. The van der Waals surface area contributed by atoms with E-state index in [1.807, 2.05) is 0 Å². The number of hydrogen-bond donors (Lipinski definition) is 3. The lowest BCUT2D eigenvalue weighted by atomic mass is 10.2. The second-order valence-corrected chi connectivity index (χ2v) is 12.0. The number of halogens is 1. The van der Waals surface area contributed by atoms with Gasteiger partial charge in [-0.25, -0.2) is 13.1 Å². The zero-order valence-corrected chi connectivity index (χ0v) is 21.3. The fourth-order valence-corrected chi connectivity index (χ4v) is 6.14. The van der Waals surface area contributed by atoms with Gasteiger partial charge < -0.3 is 4.74 Å². The van der Waals surface area contributed by atoms with E-state index in [-0.39, 0.29) is 38.1 Å². The molecule has 3 N–H and O–H groups in total. The molecule has 3 aromatic rings. The third-order valence-electron chi connectivity index (χ3n) is 4.09. The second kappa shape index (κ2) is 10.2. The van der Waals surface area contributed by atoms with Gasteiger partial charge in [0.15, 0.2) is 0 Å². The van der Waals surface area contributed by atoms with E-state index in [0.717, 1.165) is 6.07 Å². The molecule has 0 aliphatic heterocycles. The first kappa shape index (κ1) is 25.8. The number of aromatic nitrogens is 2. The molecular formula is C19H20ClN5O6S3. The van der Waals surface area contributed by atoms with Crippen molar-refractivity contribution < 1.29 is 26.4 Å². The number of hydrogen-bond acceptors (Lipinski definition) is 9. The van der Waals surface area contributed by atoms with Crippen LogP contribution in [0, 0.1) is 0 Å². The minimum absolute atomic E-state index is 0.0743. The number of methoxy groups -OCH3 is 1. The standard InChI is InChI=1S/C19H20ClN5O6S3/c1-11(2)24-33(27,28)12-8-9-16(31-3)15(10-12)25-34(29,30)19-23-22-18(32-19)21-17(26)13-6-4-5-7-14(13)20/h4-11,24-25H,1-3H3,(H,21,22,26). The summed E-state index contributed by atoms with van der Waals surface area (Å²) in [6.07, 6.45) is 0. The van der Waals surface area contributed by atoms with Crippen LogP contribution in [-0.2, 0) is 20.0 Å². The highest BCUT2D eigenvalue weighted by atomic mass is 35.5. The monoisotopic (exact) mass is 545 g/mol. The van der Waals surface area contributed by atoms with E-state index in [2.05, 4.69) is 25.0 Å². The summed E-state index contributed by atoms with van der Waals surface area (Å²) in [5.41, 5.74) is 0.0608. The Labute approximate surface area is 205 Å². The molecule has 0 spiro atoms. The van der Waals surface area contributed by atoms with Crippen LogP contribution in [0.3, 0.4) is 0 Å². The number of carbonyl (C=O) groups is 1. The van der Waals surface area contributed by atoms with Crippen molar-refractivity contribution in [3.8, 4) is 5.75 Å². The largest absolute Gasteiger partial charge is 0.495 e. The molecule has 15 heteroatoms. The third kappa shape index (κ3) is 6.01. The minimum atomic E-state index is -4.30. The molecule has 0 unspecified atom stereocenters. The maximum absolute atomic E-state index is 12.9. The Morgan fingerprint density at radius 2 is 1.76 bits per heavy atom. The number of amides is 1. The molecule has 3 rings (SSSR count). The molecule has 0 atom stereocenters. The fraction of sp³-hybridized carbons (Fsp3) is 0.211. The minimum Gasteiger partial charge on any atom is -0.495 e. The lowest BCUT2D eigenvalue weighted by Gasteiger charge is -2.14. The van der Waals surface area contributed by atoms with Gasteiger partial charge in [0.05, 0.1) is 28.3 Å². The van der Waals surface area contributed by atoms with Gasteiger partial charge in [-0.1, -0.05) is 35.1 Å². The molecule has 11 nitrogen and oxygen atoms in total. The number of nitrogens with zero attached hydrogens (tertiary/aromatic N) is 2. The molecule has 2 aromatic carbocycles. The molecule has 0 aliphatic carbocycles. The van der Waals surface area contributed by atoms with E-state index in [1.54, 1.807) is 26.0 Å². The SMILES string of the molecule is COc1ccc(S(=O)(=O)NC(C)C)cc1NS(=O)(=O)c1nnc(NC(=O)c2ccccc2Cl)s1. The fourth-order valence-electron chi connectivity index (χ4n) is 2.68. The average Bonchev–Trinajstić information content (AvgIpc) is 3.22. The van der Waals surface area contributed by atoms with Gasteiger partial charge >= 0.3 is 0 Å². The van der Waals surface area contributed by atoms with Crippen LogP contribution in [0.25, 0.3) is 0 Å². The van der Waals surface area contributed by atoms with Crippen molar-refractivity contribution in [2.75, 3.05) is 17.1 Å². The number of rotatable bonds is 9. The van der Waals surface area contributed by atoms with Crippen molar-refractivity contribution in [3.63, 3.8) is 0 Å². The molecule has 34 heavy (non-hydrogen) atoms. The first-order valence-corrected chi connectivity index (χ1v) is 13.7. The second-order valence-electron chi connectivity index (χ2n) is 7.05. The zero-order valence-electron chi connectivity index (χ0n) is 18.1. The first-order valence-electron chi connectivity index (χ1n) is 9.55. The summed E-state index contributed by atoms with van der Waals surface area (Å²) in [5.74, 6) is -0.500. The Morgan fingerprint density at radius 3 is 2.41 bits per heavy atom. The Balaban J connectivity index is 1.85. The normalized spacial score (nSPS) is 11.9. The van der Waals surface area contributed by atoms with Crippen molar-refractivity contribution >= 4 is 59.7 Å². The molecule has 1 aromatic heterocycles.